The largest absolute Gasteiger partial charge is 0.484 e. The van der Waals surface area contributed by atoms with Gasteiger partial charge in [-0.25, -0.2) is 5.90 Å². The van der Waals surface area contributed by atoms with Crippen molar-refractivity contribution in [3.8, 4) is 0 Å². The van der Waals surface area contributed by atoms with E-state index in [-0.39, 0.29) is 25.6 Å². The molecule has 0 aromatic heterocycles. The van der Waals surface area contributed by atoms with Crippen LogP contribution in [0.1, 0.15) is 219 Å². The monoisotopic (exact) mass is 1010 g/mol. The van der Waals surface area contributed by atoms with E-state index in [0.717, 1.165) is 52.1 Å². The van der Waals surface area contributed by atoms with Crippen molar-refractivity contribution < 1.29 is 77.9 Å². The molecule has 0 bridgehead atoms. The first-order chi connectivity index (χ1) is 34.0. The van der Waals surface area contributed by atoms with Crippen molar-refractivity contribution in [2.75, 3.05) is 34.0 Å². The topological polar surface area (TPSA) is 250 Å². The van der Waals surface area contributed by atoms with Gasteiger partial charge in [0.1, 0.15) is 61.9 Å². The number of carbonyl (C=O) groups is 1. The molecule has 12 atom stereocenters. The molecule has 8 N–H and O–H groups in total. The maximum atomic E-state index is 13.0. The zero-order valence-corrected chi connectivity index (χ0v) is 44.0. The Bertz CT molecular complexity index is 1270. The molecule has 17 nitrogen and oxygen atoms in total. The molecular formula is C53H102NO16+. The minimum atomic E-state index is -1.77. The van der Waals surface area contributed by atoms with Gasteiger partial charge >= 0.3 is 11.9 Å². The number of hydrogen-bond donors (Lipinski definition) is 7. The molecule has 17 heteroatoms. The van der Waals surface area contributed by atoms with Gasteiger partial charge in [-0.3, -0.25) is 9.63 Å². The molecule has 0 aliphatic carbocycles. The number of unbranched alkanes of at least 4 members (excludes halogenated alkanes) is 28. The number of methoxy groups -OCH3 is 1. The smallest absolute Gasteiger partial charge is 0.459 e. The van der Waals surface area contributed by atoms with Crippen molar-refractivity contribution in [1.29, 1.82) is 0 Å². The highest BCUT2D eigenvalue weighted by molar-refractivity contribution is 5.70. The van der Waals surface area contributed by atoms with Crippen molar-refractivity contribution in [2.45, 2.75) is 293 Å². The van der Waals surface area contributed by atoms with Crippen molar-refractivity contribution >= 4 is 11.9 Å². The van der Waals surface area contributed by atoms with Crippen molar-refractivity contribution in [3.05, 3.63) is 0 Å². The molecule has 2 rings (SSSR count). The van der Waals surface area contributed by atoms with E-state index >= 15 is 0 Å². The molecule has 2 aliphatic heterocycles. The zero-order chi connectivity index (χ0) is 51.2. The van der Waals surface area contributed by atoms with Gasteiger partial charge in [-0.15, -0.1) is 0 Å². The van der Waals surface area contributed by atoms with Crippen LogP contribution in [0.25, 0.3) is 0 Å². The SMILES string of the molecule is CCCCCCCCCCCCCCCCCC(=O)OC[C@H](CO[C@@H]1O[C@H](CO[C@H]2O[C@H]([C@@H](O)OC)[C@H](O)[C@H](O)[C@H]2O)[C@H](O)[C@H](ON)[C@H]1O)OC(CCCCCCCCCCCCCCCCC)=[O+]C. The number of nitrogens with two attached hydrogens (primary N) is 1. The molecule has 0 unspecified atom stereocenters. The summed E-state index contributed by atoms with van der Waals surface area (Å²) in [5.74, 6) is 5.49. The van der Waals surface area contributed by atoms with Crippen LogP contribution in [0.15, 0.2) is 0 Å². The zero-order valence-electron chi connectivity index (χ0n) is 44.0. The van der Waals surface area contributed by atoms with Crippen LogP contribution in [0.2, 0.25) is 0 Å². The third-order valence-corrected chi connectivity index (χ3v) is 13.7. The summed E-state index contributed by atoms with van der Waals surface area (Å²) >= 11 is 0. The molecule has 70 heavy (non-hydrogen) atoms. The Hall–Kier alpha value is -1.58. The predicted octanol–water partition coefficient (Wildman–Crippen LogP) is 7.64. The highest BCUT2D eigenvalue weighted by Crippen LogP contribution is 2.28. The summed E-state index contributed by atoms with van der Waals surface area (Å²) in [6.45, 7) is 3.59. The van der Waals surface area contributed by atoms with Gasteiger partial charge in [0.25, 0.3) is 6.10 Å². The fourth-order valence-electron chi connectivity index (χ4n) is 9.16. The summed E-state index contributed by atoms with van der Waals surface area (Å²) in [5.41, 5.74) is 0. The standard InChI is InChI=1S/C53H102NO16/c1-5-7-9-11-13-15-17-19-21-23-25-27-29-31-33-35-42(55)64-37-40(67-43(62-3)36-34-32-30-28-26-24-22-20-18-16-14-12-10-8-6-2)38-65-53-48(60)49(70-54)44(56)41(68-53)39-66-52-47(59)45(57)46(58)50(69-52)51(61)63-4/h40-41,44-53,56-61H,5-39,54H2,1-4H3/q+1/t40-,41-,44+,45+,46-,47-,48-,49+,50+,51+,52+,53-/m1/s1. The highest BCUT2D eigenvalue weighted by Gasteiger charge is 2.50. The van der Waals surface area contributed by atoms with Gasteiger partial charge in [0.05, 0.1) is 6.61 Å². The van der Waals surface area contributed by atoms with E-state index in [4.69, 9.17) is 48.3 Å². The maximum Gasteiger partial charge on any atom is 0.484 e. The average molecular weight is 1010 g/mol. The molecule has 0 amide bonds. The molecule has 414 valence electrons. The first-order valence-corrected chi connectivity index (χ1v) is 27.8. The number of hydrogen-bond acceptors (Lipinski definition) is 16. The van der Waals surface area contributed by atoms with Gasteiger partial charge < -0.3 is 68.2 Å². The van der Waals surface area contributed by atoms with Crippen LogP contribution in [-0.4, -0.2) is 150 Å². The van der Waals surface area contributed by atoms with Crippen LogP contribution in [0.4, 0.5) is 0 Å². The summed E-state index contributed by atoms with van der Waals surface area (Å²) in [5, 5.41) is 63.5. The fourth-order valence-corrected chi connectivity index (χ4v) is 9.16. The average Bonchev–Trinajstić information content (AvgIpc) is 3.36. The van der Waals surface area contributed by atoms with Crippen LogP contribution in [0, 0.1) is 0 Å². The summed E-state index contributed by atoms with van der Waals surface area (Å²) in [7, 11) is 2.69. The summed E-state index contributed by atoms with van der Waals surface area (Å²) in [6, 6.07) is 0. The van der Waals surface area contributed by atoms with E-state index in [0.29, 0.717) is 12.4 Å². The maximum absolute atomic E-state index is 13.0. The molecule has 0 aromatic rings. The van der Waals surface area contributed by atoms with Crippen LogP contribution in [-0.2, 0) is 47.2 Å². The Kier molecular flexibility index (Phi) is 38.5. The van der Waals surface area contributed by atoms with Crippen molar-refractivity contribution in [1.82, 2.24) is 0 Å². The minimum Gasteiger partial charge on any atom is -0.459 e. The van der Waals surface area contributed by atoms with E-state index in [1.165, 1.54) is 155 Å². The van der Waals surface area contributed by atoms with Gasteiger partial charge in [0.15, 0.2) is 32.6 Å². The van der Waals surface area contributed by atoms with E-state index in [9.17, 15) is 35.4 Å². The first-order valence-electron chi connectivity index (χ1n) is 27.8. The highest BCUT2D eigenvalue weighted by atomic mass is 16.7. The Morgan fingerprint density at radius 2 is 1.00 bits per heavy atom. The van der Waals surface area contributed by atoms with Crippen molar-refractivity contribution in [3.63, 3.8) is 0 Å². The number of aliphatic hydroxyl groups excluding tert-OH is 6. The molecular weight excluding hydrogens is 907 g/mol. The molecule has 2 fully saturated rings. The second-order valence-electron chi connectivity index (χ2n) is 19.8. The quantitative estimate of drug-likeness (QED) is 0.0102. The third-order valence-electron chi connectivity index (χ3n) is 13.7. The van der Waals surface area contributed by atoms with Gasteiger partial charge in [0.2, 0.25) is 0 Å². The molecule has 0 radical (unpaired) electrons. The van der Waals surface area contributed by atoms with Gasteiger partial charge in [-0.2, -0.15) is 0 Å². The van der Waals surface area contributed by atoms with Gasteiger partial charge in [-0.1, -0.05) is 194 Å². The summed E-state index contributed by atoms with van der Waals surface area (Å²) in [4.78, 5) is 17.9. The van der Waals surface area contributed by atoms with Crippen molar-refractivity contribution in [2.24, 2.45) is 5.90 Å². The lowest BCUT2D eigenvalue weighted by Gasteiger charge is -2.43. The summed E-state index contributed by atoms with van der Waals surface area (Å²) < 4.78 is 45.4. The lowest BCUT2D eigenvalue weighted by molar-refractivity contribution is -0.435. The predicted molar refractivity (Wildman–Crippen MR) is 267 cm³/mol. The van der Waals surface area contributed by atoms with Crippen LogP contribution in [0.5, 0.6) is 0 Å². The molecule has 0 saturated carbocycles. The molecule has 0 spiro atoms. The number of carbonyl (C=O) groups excluding carboxylic acids is 2. The Morgan fingerprint density at radius 1 is 0.557 bits per heavy atom. The molecule has 2 aliphatic rings. The number of rotatable bonds is 44. The molecule has 0 aromatic carbocycles. The number of ether oxygens (including phenoxy) is 7. The van der Waals surface area contributed by atoms with E-state index in [1.807, 2.05) is 0 Å². The summed E-state index contributed by atoms with van der Waals surface area (Å²) in [6.07, 6.45) is 19.8. The molecule has 2 heterocycles. The normalized spacial score (nSPS) is 26.1. The number of aliphatic hydroxyl groups is 6. The lowest BCUT2D eigenvalue weighted by Crippen LogP contribution is -2.63. The first kappa shape index (κ1) is 64.5. The second kappa shape index (κ2) is 41.7. The van der Waals surface area contributed by atoms with Crippen LogP contribution >= 0.6 is 0 Å². The van der Waals surface area contributed by atoms with E-state index in [1.54, 1.807) is 0 Å². The minimum absolute atomic E-state index is 0.169. The van der Waals surface area contributed by atoms with Crippen LogP contribution < -0.4 is 5.90 Å². The third kappa shape index (κ3) is 27.6. The fraction of sp³-hybridized carbons (Fsp3) is 0.962. The van der Waals surface area contributed by atoms with Gasteiger partial charge in [0, 0.05) is 13.5 Å². The molecule has 2 saturated heterocycles. The number of esters is 2. The van der Waals surface area contributed by atoms with Crippen LogP contribution in [0.3, 0.4) is 0 Å². The Balaban J connectivity index is 1.89. The van der Waals surface area contributed by atoms with Gasteiger partial charge in [-0.05, 0) is 12.8 Å². The second-order valence-corrected chi connectivity index (χ2v) is 19.8. The Labute approximate surface area is 421 Å². The lowest BCUT2D eigenvalue weighted by atomic mass is 9.98. The van der Waals surface area contributed by atoms with E-state index in [2.05, 4.69) is 13.8 Å². The Morgan fingerprint density at radius 3 is 1.44 bits per heavy atom. The van der Waals surface area contributed by atoms with E-state index < -0.39 is 80.4 Å².